The largest absolute Gasteiger partial charge is 0.394 e. The highest BCUT2D eigenvalue weighted by molar-refractivity contribution is 5.35. The van der Waals surface area contributed by atoms with Crippen molar-refractivity contribution in [3.63, 3.8) is 0 Å². The third-order valence-electron chi connectivity index (χ3n) is 3.47. The summed E-state index contributed by atoms with van der Waals surface area (Å²) in [6.07, 6.45) is 1.06. The molecule has 0 heterocycles. The molecule has 1 aromatic carbocycles. The van der Waals surface area contributed by atoms with E-state index in [4.69, 9.17) is 0 Å². The number of nitrogens with one attached hydrogen (secondary N) is 1. The molecule has 0 aliphatic carbocycles. The Bertz CT molecular complexity index is 375. The lowest BCUT2D eigenvalue weighted by Crippen LogP contribution is -2.47. The molecule has 0 saturated carbocycles. The maximum Gasteiger partial charge on any atom is 0.0652 e. The average Bonchev–Trinajstić information content (AvgIpc) is 2.28. The summed E-state index contributed by atoms with van der Waals surface area (Å²) in [6, 6.07) is 6.79. The van der Waals surface area contributed by atoms with Crippen molar-refractivity contribution in [2.45, 2.75) is 52.6 Å². The van der Waals surface area contributed by atoms with E-state index in [0.717, 1.165) is 6.42 Å². The van der Waals surface area contributed by atoms with E-state index in [1.807, 2.05) is 0 Å². The lowest BCUT2D eigenvalue weighted by atomic mass is 9.87. The fourth-order valence-corrected chi connectivity index (χ4v) is 2.29. The molecule has 96 valence electrons. The van der Waals surface area contributed by atoms with E-state index in [1.165, 1.54) is 16.7 Å². The molecule has 2 unspecified atom stereocenters. The molecule has 2 atom stereocenters. The minimum absolute atomic E-state index is 0.112. The van der Waals surface area contributed by atoms with Crippen LogP contribution in [0.25, 0.3) is 0 Å². The van der Waals surface area contributed by atoms with Crippen molar-refractivity contribution in [3.8, 4) is 0 Å². The molecule has 0 aromatic heterocycles. The standard InChI is InChI=1S/C15H25NO/c1-6-13(4)16-15(5,10-17)14-8-7-11(2)9-12(14)3/h7-9,13,16-17H,6,10H2,1-5H3. The predicted molar refractivity (Wildman–Crippen MR) is 73.2 cm³/mol. The Kier molecular flexibility index (Phi) is 4.72. The molecule has 0 fully saturated rings. The van der Waals surface area contributed by atoms with Crippen LogP contribution in [0.15, 0.2) is 18.2 Å². The Balaban J connectivity index is 3.07. The first-order valence-electron chi connectivity index (χ1n) is 6.39. The van der Waals surface area contributed by atoms with Gasteiger partial charge in [0.25, 0.3) is 0 Å². The quantitative estimate of drug-likeness (QED) is 0.822. The number of benzene rings is 1. The Labute approximate surface area is 105 Å². The molecule has 0 spiro atoms. The van der Waals surface area contributed by atoms with Crippen LogP contribution in [-0.2, 0) is 5.54 Å². The number of rotatable bonds is 5. The van der Waals surface area contributed by atoms with E-state index >= 15 is 0 Å². The smallest absolute Gasteiger partial charge is 0.0652 e. The molecule has 2 N–H and O–H groups in total. The first kappa shape index (κ1) is 14.2. The number of aliphatic hydroxyl groups is 1. The minimum Gasteiger partial charge on any atom is -0.394 e. The Morgan fingerprint density at radius 2 is 2.00 bits per heavy atom. The zero-order chi connectivity index (χ0) is 13.1. The lowest BCUT2D eigenvalue weighted by Gasteiger charge is -2.34. The Morgan fingerprint density at radius 1 is 1.35 bits per heavy atom. The van der Waals surface area contributed by atoms with Gasteiger partial charge in [0, 0.05) is 6.04 Å². The van der Waals surface area contributed by atoms with Gasteiger partial charge >= 0.3 is 0 Å². The summed E-state index contributed by atoms with van der Waals surface area (Å²) in [5, 5.41) is 13.2. The van der Waals surface area contributed by atoms with Crippen LogP contribution >= 0.6 is 0 Å². The van der Waals surface area contributed by atoms with Crippen LogP contribution in [0.2, 0.25) is 0 Å². The lowest BCUT2D eigenvalue weighted by molar-refractivity contribution is 0.162. The van der Waals surface area contributed by atoms with Gasteiger partial charge in [-0.25, -0.2) is 0 Å². The van der Waals surface area contributed by atoms with Crippen LogP contribution in [0.4, 0.5) is 0 Å². The number of hydrogen-bond donors (Lipinski definition) is 2. The topological polar surface area (TPSA) is 32.3 Å². The van der Waals surface area contributed by atoms with Gasteiger partial charge in [0.1, 0.15) is 0 Å². The second kappa shape index (κ2) is 5.65. The maximum atomic E-state index is 9.71. The molecule has 0 saturated heterocycles. The summed E-state index contributed by atoms with van der Waals surface area (Å²) in [5.74, 6) is 0. The molecular formula is C15H25NO. The summed E-state index contributed by atoms with van der Waals surface area (Å²) in [7, 11) is 0. The van der Waals surface area contributed by atoms with Gasteiger partial charge in [-0.3, -0.25) is 0 Å². The van der Waals surface area contributed by atoms with E-state index in [9.17, 15) is 5.11 Å². The van der Waals surface area contributed by atoms with Gasteiger partial charge in [0.2, 0.25) is 0 Å². The Morgan fingerprint density at radius 3 is 2.47 bits per heavy atom. The molecule has 1 aromatic rings. The Hall–Kier alpha value is -0.860. The summed E-state index contributed by atoms with van der Waals surface area (Å²) < 4.78 is 0. The molecule has 0 aliphatic heterocycles. The van der Waals surface area contributed by atoms with Gasteiger partial charge in [-0.1, -0.05) is 30.7 Å². The highest BCUT2D eigenvalue weighted by Crippen LogP contribution is 2.25. The molecule has 0 radical (unpaired) electrons. The second-order valence-corrected chi connectivity index (χ2v) is 5.26. The summed E-state index contributed by atoms with van der Waals surface area (Å²) in [4.78, 5) is 0. The van der Waals surface area contributed by atoms with Crippen LogP contribution in [-0.4, -0.2) is 17.8 Å². The summed E-state index contributed by atoms with van der Waals surface area (Å²) in [5.41, 5.74) is 3.33. The molecule has 0 amide bonds. The molecule has 0 bridgehead atoms. The highest BCUT2D eigenvalue weighted by Gasteiger charge is 2.28. The third kappa shape index (κ3) is 3.30. The normalized spacial score (nSPS) is 16.6. The van der Waals surface area contributed by atoms with E-state index in [1.54, 1.807) is 0 Å². The van der Waals surface area contributed by atoms with E-state index in [-0.39, 0.29) is 12.1 Å². The van der Waals surface area contributed by atoms with Crippen molar-refractivity contribution in [3.05, 3.63) is 34.9 Å². The van der Waals surface area contributed by atoms with Gasteiger partial charge in [-0.15, -0.1) is 0 Å². The number of hydrogen-bond acceptors (Lipinski definition) is 2. The van der Waals surface area contributed by atoms with Crippen LogP contribution in [0, 0.1) is 13.8 Å². The number of aliphatic hydroxyl groups excluding tert-OH is 1. The fraction of sp³-hybridized carbons (Fsp3) is 0.600. The zero-order valence-corrected chi connectivity index (χ0v) is 11.7. The van der Waals surface area contributed by atoms with Crippen molar-refractivity contribution in [2.75, 3.05) is 6.61 Å². The molecule has 2 nitrogen and oxygen atoms in total. The monoisotopic (exact) mass is 235 g/mol. The van der Waals surface area contributed by atoms with Crippen LogP contribution in [0.5, 0.6) is 0 Å². The summed E-state index contributed by atoms with van der Waals surface area (Å²) in [6.45, 7) is 10.7. The third-order valence-corrected chi connectivity index (χ3v) is 3.47. The van der Waals surface area contributed by atoms with Crippen molar-refractivity contribution < 1.29 is 5.11 Å². The first-order chi connectivity index (χ1) is 7.92. The van der Waals surface area contributed by atoms with Crippen LogP contribution in [0.3, 0.4) is 0 Å². The van der Waals surface area contributed by atoms with Crippen molar-refractivity contribution in [1.82, 2.24) is 5.32 Å². The minimum atomic E-state index is -0.354. The second-order valence-electron chi connectivity index (χ2n) is 5.26. The summed E-state index contributed by atoms with van der Waals surface area (Å²) >= 11 is 0. The van der Waals surface area contributed by atoms with E-state index < -0.39 is 0 Å². The predicted octanol–water partition coefficient (Wildman–Crippen LogP) is 2.90. The first-order valence-corrected chi connectivity index (χ1v) is 6.39. The molecular weight excluding hydrogens is 210 g/mol. The molecule has 2 heteroatoms. The van der Waals surface area contributed by atoms with Crippen molar-refractivity contribution >= 4 is 0 Å². The van der Waals surface area contributed by atoms with Gasteiger partial charge in [0.05, 0.1) is 12.1 Å². The molecule has 0 aliphatic rings. The SMILES string of the molecule is CCC(C)NC(C)(CO)c1ccc(C)cc1C. The van der Waals surface area contributed by atoms with Crippen molar-refractivity contribution in [1.29, 1.82) is 0 Å². The van der Waals surface area contributed by atoms with E-state index in [0.29, 0.717) is 6.04 Å². The van der Waals surface area contributed by atoms with Gasteiger partial charge in [-0.2, -0.15) is 0 Å². The number of aryl methyl sites for hydroxylation is 2. The molecule has 1 rings (SSSR count). The highest BCUT2D eigenvalue weighted by atomic mass is 16.3. The van der Waals surface area contributed by atoms with Crippen LogP contribution in [0.1, 0.15) is 43.9 Å². The van der Waals surface area contributed by atoms with Gasteiger partial charge in [-0.05, 0) is 45.2 Å². The fourth-order valence-electron chi connectivity index (χ4n) is 2.29. The molecule has 17 heavy (non-hydrogen) atoms. The van der Waals surface area contributed by atoms with Gasteiger partial charge in [0.15, 0.2) is 0 Å². The van der Waals surface area contributed by atoms with Crippen molar-refractivity contribution in [2.24, 2.45) is 0 Å². The van der Waals surface area contributed by atoms with Crippen LogP contribution < -0.4 is 5.32 Å². The van der Waals surface area contributed by atoms with E-state index in [2.05, 4.69) is 58.1 Å². The van der Waals surface area contributed by atoms with Gasteiger partial charge < -0.3 is 10.4 Å². The zero-order valence-electron chi connectivity index (χ0n) is 11.7. The average molecular weight is 235 g/mol. The maximum absolute atomic E-state index is 9.71.